The SMILES string of the molecule is CN(OCc1cc2ccccc2n1CCC(=O)NCCCOCCCNC(=O)C[C@@H]1SC[C@@H]2NC(=O)N[C@@H]21)C(=O)OCC[Si](C)(C)C. The van der Waals surface area contributed by atoms with Crippen molar-refractivity contribution in [2.24, 2.45) is 0 Å². The number of nitrogens with one attached hydrogen (secondary N) is 4. The summed E-state index contributed by atoms with van der Waals surface area (Å²) in [7, 11) is 0.237. The highest BCUT2D eigenvalue weighted by Gasteiger charge is 2.43. The number of amides is 5. The summed E-state index contributed by atoms with van der Waals surface area (Å²) < 4.78 is 13.1. The van der Waals surface area contributed by atoms with Gasteiger partial charge in [-0.05, 0) is 36.4 Å². The molecule has 15 heteroatoms. The molecule has 0 aliphatic carbocycles. The van der Waals surface area contributed by atoms with E-state index in [0.717, 1.165) is 33.5 Å². The lowest BCUT2D eigenvalue weighted by atomic mass is 10.1. The molecule has 2 aromatic rings. The van der Waals surface area contributed by atoms with Crippen molar-refractivity contribution in [2.45, 2.75) is 81.9 Å². The average Bonchev–Trinajstić information content (AvgIpc) is 3.69. The third-order valence-electron chi connectivity index (χ3n) is 8.10. The average molecular weight is 691 g/mol. The van der Waals surface area contributed by atoms with Crippen LogP contribution in [0.5, 0.6) is 0 Å². The molecule has 2 fully saturated rings. The monoisotopic (exact) mass is 690 g/mol. The molecule has 1 aromatic heterocycles. The fourth-order valence-corrected chi connectivity index (χ4v) is 7.62. The number of rotatable bonds is 19. The minimum absolute atomic E-state index is 0.0141. The second-order valence-electron chi connectivity index (χ2n) is 13.1. The molecule has 1 aromatic carbocycles. The van der Waals surface area contributed by atoms with Gasteiger partial charge >= 0.3 is 12.1 Å². The summed E-state index contributed by atoms with van der Waals surface area (Å²) in [6, 6.07) is 10.8. The maximum atomic E-state index is 12.6. The molecule has 4 N–H and O–H groups in total. The number of ether oxygens (including phenoxy) is 2. The van der Waals surface area contributed by atoms with Crippen molar-refractivity contribution in [3.63, 3.8) is 0 Å². The Morgan fingerprint density at radius 3 is 2.51 bits per heavy atom. The topological polar surface area (TPSA) is 152 Å². The number of carbonyl (C=O) groups excluding carboxylic acids is 4. The van der Waals surface area contributed by atoms with Crippen LogP contribution in [0.15, 0.2) is 30.3 Å². The molecule has 5 amide bonds. The number of aromatic nitrogens is 1. The van der Waals surface area contributed by atoms with Crippen LogP contribution in [-0.4, -0.2) is 105 Å². The maximum absolute atomic E-state index is 12.6. The van der Waals surface area contributed by atoms with E-state index >= 15 is 0 Å². The fraction of sp³-hybridized carbons (Fsp3) is 0.625. The Morgan fingerprint density at radius 2 is 1.77 bits per heavy atom. The summed E-state index contributed by atoms with van der Waals surface area (Å²) in [6.45, 7) is 9.78. The normalized spacial score (nSPS) is 18.8. The number of hydrogen-bond acceptors (Lipinski definition) is 8. The van der Waals surface area contributed by atoms with Gasteiger partial charge in [0.1, 0.15) is 6.61 Å². The number of thioether (sulfide) groups is 1. The van der Waals surface area contributed by atoms with Gasteiger partial charge in [-0.15, -0.1) is 0 Å². The Kier molecular flexibility index (Phi) is 13.8. The molecule has 0 spiro atoms. The van der Waals surface area contributed by atoms with Gasteiger partial charge in [0.15, 0.2) is 0 Å². The predicted octanol–water partition coefficient (Wildman–Crippen LogP) is 3.45. The second-order valence-corrected chi connectivity index (χ2v) is 20.0. The van der Waals surface area contributed by atoms with Gasteiger partial charge in [0, 0.05) is 83.0 Å². The molecular weight excluding hydrogens is 641 g/mol. The van der Waals surface area contributed by atoms with E-state index in [1.807, 2.05) is 34.9 Å². The zero-order chi connectivity index (χ0) is 33.8. The molecule has 0 saturated carbocycles. The van der Waals surface area contributed by atoms with Crippen LogP contribution in [0, 0.1) is 0 Å². The fourth-order valence-electron chi connectivity index (χ4n) is 5.43. The Labute approximate surface area is 282 Å². The Balaban J connectivity index is 1.07. The van der Waals surface area contributed by atoms with Crippen LogP contribution >= 0.6 is 11.8 Å². The Bertz CT molecular complexity index is 1370. The molecule has 0 bridgehead atoms. The van der Waals surface area contributed by atoms with Crippen molar-refractivity contribution >= 4 is 54.7 Å². The van der Waals surface area contributed by atoms with E-state index in [0.29, 0.717) is 65.1 Å². The molecule has 2 saturated heterocycles. The summed E-state index contributed by atoms with van der Waals surface area (Å²) in [5.41, 5.74) is 1.85. The van der Waals surface area contributed by atoms with E-state index in [-0.39, 0.29) is 41.8 Å². The van der Waals surface area contributed by atoms with Gasteiger partial charge in [-0.3, -0.25) is 14.4 Å². The zero-order valence-corrected chi connectivity index (χ0v) is 29.8. The lowest BCUT2D eigenvalue weighted by molar-refractivity contribution is -0.130. The molecule has 2 aliphatic rings. The van der Waals surface area contributed by atoms with Gasteiger partial charge in [0.25, 0.3) is 0 Å². The van der Waals surface area contributed by atoms with Crippen molar-refractivity contribution in [2.75, 3.05) is 45.7 Å². The highest BCUT2D eigenvalue weighted by Crippen LogP contribution is 2.32. The van der Waals surface area contributed by atoms with Gasteiger partial charge in [-0.2, -0.15) is 16.8 Å². The van der Waals surface area contributed by atoms with Crippen LogP contribution < -0.4 is 21.3 Å². The van der Waals surface area contributed by atoms with Crippen molar-refractivity contribution in [3.8, 4) is 0 Å². The molecular formula is C32H50N6O7SSi. The van der Waals surface area contributed by atoms with E-state index < -0.39 is 14.2 Å². The molecule has 47 heavy (non-hydrogen) atoms. The standard InChI is InChI=1S/C32H50N6O7SSi/c1-37(32(42)44-17-18-47(2,3)4)45-21-24-19-23-9-5-6-10-26(23)38(24)14-11-28(39)33-12-7-15-43-16-8-13-34-29(40)20-27-30-25(22-46-27)35-31(41)36-30/h5-6,9-10,19,25,27,30H,7-8,11-18,20-22H2,1-4H3,(H,33,39)(H,34,40)(H2,35,36,41)/t25-,27-,30-/m0/s1. The lowest BCUT2D eigenvalue weighted by Crippen LogP contribution is -2.39. The van der Waals surface area contributed by atoms with E-state index in [9.17, 15) is 19.2 Å². The number of para-hydroxylation sites is 1. The first-order valence-corrected chi connectivity index (χ1v) is 21.2. The summed E-state index contributed by atoms with van der Waals surface area (Å²) in [6.07, 6.45) is 1.55. The van der Waals surface area contributed by atoms with Crippen molar-refractivity contribution in [3.05, 3.63) is 36.0 Å². The number of fused-ring (bicyclic) bond motifs is 2. The minimum Gasteiger partial charge on any atom is -0.448 e. The van der Waals surface area contributed by atoms with Crippen LogP contribution in [0.3, 0.4) is 0 Å². The Hall–Kier alpha value is -3.27. The molecule has 0 unspecified atom stereocenters. The maximum Gasteiger partial charge on any atom is 0.433 e. The summed E-state index contributed by atoms with van der Waals surface area (Å²) in [4.78, 5) is 54.5. The second kappa shape index (κ2) is 17.8. The van der Waals surface area contributed by atoms with Crippen LogP contribution in [0.2, 0.25) is 25.7 Å². The summed E-state index contributed by atoms with van der Waals surface area (Å²) in [5, 5.41) is 13.9. The lowest BCUT2D eigenvalue weighted by Gasteiger charge is -2.19. The molecule has 2 aliphatic heterocycles. The van der Waals surface area contributed by atoms with E-state index in [1.54, 1.807) is 18.8 Å². The molecule has 3 heterocycles. The smallest absolute Gasteiger partial charge is 0.433 e. The minimum atomic E-state index is -1.31. The number of urea groups is 1. The first-order valence-electron chi connectivity index (χ1n) is 16.4. The quantitative estimate of drug-likeness (QED) is 0.0758. The number of carbonyl (C=O) groups is 4. The van der Waals surface area contributed by atoms with E-state index in [1.165, 1.54) is 0 Å². The van der Waals surface area contributed by atoms with E-state index in [2.05, 4.69) is 40.9 Å². The van der Waals surface area contributed by atoms with Gasteiger partial charge in [0.05, 0.1) is 18.7 Å². The summed E-state index contributed by atoms with van der Waals surface area (Å²) >= 11 is 1.72. The number of hydrogen-bond donors (Lipinski definition) is 4. The summed E-state index contributed by atoms with van der Waals surface area (Å²) in [5.74, 6) is 0.758. The van der Waals surface area contributed by atoms with Crippen LogP contribution in [0.25, 0.3) is 10.9 Å². The van der Waals surface area contributed by atoms with Gasteiger partial charge < -0.3 is 35.3 Å². The van der Waals surface area contributed by atoms with Crippen LogP contribution in [0.1, 0.15) is 31.4 Å². The van der Waals surface area contributed by atoms with Crippen LogP contribution in [-0.2, 0) is 37.1 Å². The highest BCUT2D eigenvalue weighted by atomic mass is 32.2. The van der Waals surface area contributed by atoms with Crippen molar-refractivity contribution in [1.29, 1.82) is 0 Å². The first kappa shape index (κ1) is 36.6. The largest absolute Gasteiger partial charge is 0.448 e. The number of nitrogens with zero attached hydrogens (tertiary/aromatic N) is 2. The molecule has 0 radical (unpaired) electrons. The van der Waals surface area contributed by atoms with Crippen molar-refractivity contribution in [1.82, 2.24) is 30.9 Å². The van der Waals surface area contributed by atoms with Gasteiger partial charge in [-0.25, -0.2) is 9.59 Å². The third-order valence-corrected chi connectivity index (χ3v) is 11.2. The zero-order valence-electron chi connectivity index (χ0n) is 28.0. The number of aryl methyl sites for hydroxylation is 1. The molecule has 13 nitrogen and oxygen atoms in total. The first-order chi connectivity index (χ1) is 22.5. The van der Waals surface area contributed by atoms with E-state index in [4.69, 9.17) is 14.3 Å². The van der Waals surface area contributed by atoms with Gasteiger partial charge in [0.2, 0.25) is 11.8 Å². The number of hydroxylamine groups is 2. The third kappa shape index (κ3) is 11.7. The highest BCUT2D eigenvalue weighted by molar-refractivity contribution is 8.00. The predicted molar refractivity (Wildman–Crippen MR) is 185 cm³/mol. The van der Waals surface area contributed by atoms with Gasteiger partial charge in [-0.1, -0.05) is 37.8 Å². The van der Waals surface area contributed by atoms with Crippen molar-refractivity contribution < 1.29 is 33.5 Å². The molecule has 4 rings (SSSR count). The molecule has 3 atom stereocenters. The Morgan fingerprint density at radius 1 is 1.04 bits per heavy atom. The number of benzene rings is 1. The molecule has 260 valence electrons. The van der Waals surface area contributed by atoms with Crippen LogP contribution in [0.4, 0.5) is 9.59 Å².